The van der Waals surface area contributed by atoms with Crippen LogP contribution in [0.15, 0.2) is 29.3 Å². The van der Waals surface area contributed by atoms with Gasteiger partial charge in [0, 0.05) is 44.5 Å². The van der Waals surface area contributed by atoms with Crippen LogP contribution in [0.3, 0.4) is 0 Å². The molecule has 0 aromatic heterocycles. The van der Waals surface area contributed by atoms with Gasteiger partial charge in [0.25, 0.3) is 5.91 Å². The number of hydrogen-bond donors (Lipinski definition) is 3. The van der Waals surface area contributed by atoms with E-state index in [0.29, 0.717) is 31.9 Å². The molecule has 1 aromatic carbocycles. The predicted octanol–water partition coefficient (Wildman–Crippen LogP) is 3.08. The quantitative estimate of drug-likeness (QED) is 0.146. The van der Waals surface area contributed by atoms with E-state index in [4.69, 9.17) is 0 Å². The van der Waals surface area contributed by atoms with Gasteiger partial charge in [-0.1, -0.05) is 13.0 Å². The van der Waals surface area contributed by atoms with E-state index >= 15 is 0 Å². The molecular weight excluding hydrogens is 538 g/mol. The first kappa shape index (κ1) is 27.1. The second-order valence-corrected chi connectivity index (χ2v) is 8.60. The maximum Gasteiger partial charge on any atom is 0.325 e. The fourth-order valence-electron chi connectivity index (χ4n) is 4.13. The molecule has 1 aromatic rings. The second-order valence-electron chi connectivity index (χ2n) is 8.60. The number of halogens is 2. The third kappa shape index (κ3) is 6.94. The molecule has 2 atom stereocenters. The fourth-order valence-corrected chi connectivity index (χ4v) is 4.13. The Morgan fingerprint density at radius 2 is 2.12 bits per heavy atom. The molecule has 33 heavy (non-hydrogen) atoms. The third-order valence-corrected chi connectivity index (χ3v) is 6.14. The summed E-state index contributed by atoms with van der Waals surface area (Å²) in [6, 6.07) is 6.57. The number of hydrogen-bond acceptors (Lipinski definition) is 4. The minimum atomic E-state index is -0.800. The van der Waals surface area contributed by atoms with E-state index in [1.54, 1.807) is 19.1 Å². The summed E-state index contributed by atoms with van der Waals surface area (Å²) in [6.07, 6.45) is 3.18. The Morgan fingerprint density at radius 3 is 2.79 bits per heavy atom. The summed E-state index contributed by atoms with van der Waals surface area (Å²) in [4.78, 5) is 32.7. The molecule has 2 heterocycles. The number of aliphatic imine (C=N–C) groups is 1. The number of guanidine groups is 1. The van der Waals surface area contributed by atoms with Crippen molar-refractivity contribution in [3.63, 3.8) is 0 Å². The molecule has 3 N–H and O–H groups in total. The van der Waals surface area contributed by atoms with Crippen LogP contribution in [0.2, 0.25) is 0 Å². The zero-order valence-electron chi connectivity index (χ0n) is 19.7. The van der Waals surface area contributed by atoms with Crippen LogP contribution in [0.4, 0.5) is 14.9 Å². The summed E-state index contributed by atoms with van der Waals surface area (Å²) in [5, 5.41) is 9.52. The van der Waals surface area contributed by atoms with Crippen LogP contribution in [0.5, 0.6) is 0 Å². The number of urea groups is 1. The molecule has 10 heteroatoms. The highest BCUT2D eigenvalue weighted by Gasteiger charge is 2.45. The van der Waals surface area contributed by atoms with Gasteiger partial charge < -0.3 is 20.9 Å². The molecule has 2 saturated heterocycles. The summed E-state index contributed by atoms with van der Waals surface area (Å²) in [5.41, 5.74) is 0.0943. The van der Waals surface area contributed by atoms with Gasteiger partial charge in [0.2, 0.25) is 0 Å². The van der Waals surface area contributed by atoms with E-state index in [-0.39, 0.29) is 47.8 Å². The lowest BCUT2D eigenvalue weighted by molar-refractivity contribution is -0.130. The number of anilines is 1. The monoisotopic (exact) mass is 574 g/mol. The summed E-state index contributed by atoms with van der Waals surface area (Å²) >= 11 is 0. The smallest absolute Gasteiger partial charge is 0.325 e. The molecule has 3 rings (SSSR count). The summed E-state index contributed by atoms with van der Waals surface area (Å²) in [6.45, 7) is 8.90. The van der Waals surface area contributed by atoms with Gasteiger partial charge in [-0.15, -0.1) is 24.0 Å². The number of nitrogens with one attached hydrogen (secondary N) is 3. The number of imide groups is 1. The Kier molecular flexibility index (Phi) is 10.2. The number of benzene rings is 1. The lowest BCUT2D eigenvalue weighted by atomic mass is 9.99. The maximum absolute atomic E-state index is 13.6. The van der Waals surface area contributed by atoms with Gasteiger partial charge in [0.05, 0.1) is 0 Å². The van der Waals surface area contributed by atoms with Crippen molar-refractivity contribution in [2.75, 3.05) is 37.6 Å². The van der Waals surface area contributed by atoms with E-state index in [0.717, 1.165) is 38.2 Å². The highest BCUT2D eigenvalue weighted by atomic mass is 127. The van der Waals surface area contributed by atoms with E-state index in [2.05, 4.69) is 25.8 Å². The van der Waals surface area contributed by atoms with Crippen molar-refractivity contribution in [2.24, 2.45) is 4.99 Å². The second kappa shape index (κ2) is 12.4. The molecule has 0 bridgehead atoms. The van der Waals surface area contributed by atoms with Crippen molar-refractivity contribution in [3.8, 4) is 0 Å². The van der Waals surface area contributed by atoms with Crippen molar-refractivity contribution in [1.82, 2.24) is 20.9 Å². The Bertz CT molecular complexity index is 854. The molecule has 184 valence electrons. The first-order valence-corrected chi connectivity index (χ1v) is 11.6. The first-order valence-electron chi connectivity index (χ1n) is 11.6. The number of carbonyl (C=O) groups excluding carboxylic acids is 2. The van der Waals surface area contributed by atoms with Crippen molar-refractivity contribution < 1.29 is 14.0 Å². The van der Waals surface area contributed by atoms with E-state index < -0.39 is 5.54 Å². The Balaban J connectivity index is 0.00000385. The molecule has 2 aliphatic heterocycles. The summed E-state index contributed by atoms with van der Waals surface area (Å²) < 4.78 is 13.6. The van der Waals surface area contributed by atoms with Crippen LogP contribution in [0, 0.1) is 5.82 Å². The maximum atomic E-state index is 13.6. The molecular formula is C23H36FIN6O2. The largest absolute Gasteiger partial charge is 0.369 e. The van der Waals surface area contributed by atoms with Gasteiger partial charge in [-0.2, -0.15) is 0 Å². The van der Waals surface area contributed by atoms with Gasteiger partial charge in [0.15, 0.2) is 5.96 Å². The standard InChI is InChI=1S/C23H35FN6O2.HI/c1-4-23(3)20(31)30(22(32)28-23)14-8-12-26-21(25-5-2)27-18-10-7-13-29(16-18)19-11-6-9-17(24)15-19;/h6,9,11,15,18H,4-5,7-8,10,12-14,16H2,1-3H3,(H,28,32)(H2,25,26,27);1H. The highest BCUT2D eigenvalue weighted by Crippen LogP contribution is 2.22. The minimum Gasteiger partial charge on any atom is -0.369 e. The number of nitrogens with zero attached hydrogens (tertiary/aromatic N) is 3. The SMILES string of the molecule is CCNC(=NCCCN1C(=O)NC(C)(CC)C1=O)NC1CCCN(c2cccc(F)c2)C1.I. The first-order chi connectivity index (χ1) is 15.4. The zero-order valence-corrected chi connectivity index (χ0v) is 22.0. The molecule has 0 aliphatic carbocycles. The van der Waals surface area contributed by atoms with Crippen molar-refractivity contribution in [1.29, 1.82) is 0 Å². The fraction of sp³-hybridized carbons (Fsp3) is 0.609. The highest BCUT2D eigenvalue weighted by molar-refractivity contribution is 14.0. The van der Waals surface area contributed by atoms with Crippen LogP contribution >= 0.6 is 24.0 Å². The molecule has 3 amide bonds. The molecule has 8 nitrogen and oxygen atoms in total. The van der Waals surface area contributed by atoms with Crippen LogP contribution in [-0.4, -0.2) is 67.1 Å². The normalized spacial score (nSPS) is 23.3. The Labute approximate surface area is 212 Å². The minimum absolute atomic E-state index is 0. The van der Waals surface area contributed by atoms with Gasteiger partial charge >= 0.3 is 6.03 Å². The molecule has 0 spiro atoms. The summed E-state index contributed by atoms with van der Waals surface area (Å²) in [5.74, 6) is 0.324. The van der Waals surface area contributed by atoms with E-state index in [9.17, 15) is 14.0 Å². The molecule has 2 unspecified atom stereocenters. The third-order valence-electron chi connectivity index (χ3n) is 6.14. The Hall–Kier alpha value is -2.11. The lowest BCUT2D eigenvalue weighted by Gasteiger charge is -2.35. The van der Waals surface area contributed by atoms with E-state index in [1.807, 2.05) is 19.9 Å². The van der Waals surface area contributed by atoms with Gasteiger partial charge in [-0.05, 0) is 57.7 Å². The molecule has 2 fully saturated rings. The number of rotatable bonds is 8. The van der Waals surface area contributed by atoms with Crippen LogP contribution in [0.25, 0.3) is 0 Å². The average Bonchev–Trinajstić information content (AvgIpc) is 3.00. The van der Waals surface area contributed by atoms with Gasteiger partial charge in [0.1, 0.15) is 11.4 Å². The van der Waals surface area contributed by atoms with E-state index in [1.165, 1.54) is 11.0 Å². The molecule has 0 saturated carbocycles. The Morgan fingerprint density at radius 1 is 1.33 bits per heavy atom. The predicted molar refractivity (Wildman–Crippen MR) is 140 cm³/mol. The number of amides is 3. The zero-order chi connectivity index (χ0) is 23.1. The average molecular weight is 574 g/mol. The summed E-state index contributed by atoms with van der Waals surface area (Å²) in [7, 11) is 0. The topological polar surface area (TPSA) is 89.1 Å². The van der Waals surface area contributed by atoms with Gasteiger partial charge in [-0.3, -0.25) is 14.7 Å². The molecule has 2 aliphatic rings. The van der Waals surface area contributed by atoms with Crippen molar-refractivity contribution in [3.05, 3.63) is 30.1 Å². The number of piperidine rings is 1. The van der Waals surface area contributed by atoms with Crippen molar-refractivity contribution >= 4 is 47.6 Å². The molecule has 0 radical (unpaired) electrons. The lowest BCUT2D eigenvalue weighted by Crippen LogP contribution is -2.51. The van der Waals surface area contributed by atoms with Crippen LogP contribution in [-0.2, 0) is 4.79 Å². The van der Waals surface area contributed by atoms with Crippen LogP contribution in [0.1, 0.15) is 46.5 Å². The van der Waals surface area contributed by atoms with Crippen LogP contribution < -0.4 is 20.9 Å². The van der Waals surface area contributed by atoms with Crippen molar-refractivity contribution in [2.45, 2.75) is 58.0 Å². The number of carbonyl (C=O) groups is 2. The van der Waals surface area contributed by atoms with Gasteiger partial charge in [-0.25, -0.2) is 9.18 Å².